The van der Waals surface area contributed by atoms with Gasteiger partial charge in [0.1, 0.15) is 0 Å². The summed E-state index contributed by atoms with van der Waals surface area (Å²) in [5.41, 5.74) is 8.21. The van der Waals surface area contributed by atoms with E-state index in [0.717, 1.165) is 28.4 Å². The Labute approximate surface area is 186 Å². The average Bonchev–Trinajstić information content (AvgIpc) is 3.10. The molecular formula is C18H29Cl2N5OS2. The lowest BCUT2D eigenvalue weighted by Crippen LogP contribution is -2.20. The summed E-state index contributed by atoms with van der Waals surface area (Å²) in [4.78, 5) is 17.2. The van der Waals surface area contributed by atoms with Crippen LogP contribution in [0.15, 0.2) is 6.20 Å². The van der Waals surface area contributed by atoms with E-state index in [4.69, 9.17) is 53.4 Å². The molecule has 6 nitrogen and oxygen atoms in total. The van der Waals surface area contributed by atoms with Crippen molar-refractivity contribution < 1.29 is 4.79 Å². The van der Waals surface area contributed by atoms with Crippen molar-refractivity contribution in [2.45, 2.75) is 59.0 Å². The van der Waals surface area contributed by atoms with Gasteiger partial charge in [0.15, 0.2) is 9.54 Å². The number of hydrogen-bond acceptors (Lipinski definition) is 3. The van der Waals surface area contributed by atoms with Crippen LogP contribution in [0.3, 0.4) is 0 Å². The summed E-state index contributed by atoms with van der Waals surface area (Å²) in [7, 11) is 0. The minimum atomic E-state index is -0.368. The molecule has 0 spiro atoms. The molecule has 10 heteroatoms. The van der Waals surface area contributed by atoms with Gasteiger partial charge in [0.25, 0.3) is 0 Å². The average molecular weight is 467 g/mol. The highest BCUT2D eigenvalue weighted by Gasteiger charge is 2.18. The van der Waals surface area contributed by atoms with Gasteiger partial charge in [0.2, 0.25) is 5.91 Å². The number of aryl methyl sites for hydroxylation is 1. The van der Waals surface area contributed by atoms with Gasteiger partial charge in [-0.25, -0.2) is 0 Å². The summed E-state index contributed by atoms with van der Waals surface area (Å²) < 4.78 is 5.18. The van der Waals surface area contributed by atoms with Crippen molar-refractivity contribution in [3.8, 4) is 0 Å². The summed E-state index contributed by atoms with van der Waals surface area (Å²) in [5, 5.41) is 0. The number of carbonyl (C=O) groups excluding carboxylic acids is 1. The van der Waals surface area contributed by atoms with Crippen molar-refractivity contribution in [1.29, 1.82) is 0 Å². The van der Waals surface area contributed by atoms with E-state index in [0.29, 0.717) is 23.1 Å². The third-order valence-electron chi connectivity index (χ3n) is 4.37. The number of halogens is 2. The molecule has 2 heterocycles. The molecular weight excluding hydrogens is 437 g/mol. The molecule has 2 aromatic heterocycles. The smallest absolute Gasteiger partial charge is 0.226 e. The molecule has 2 aromatic rings. The first-order valence-electron chi connectivity index (χ1n) is 8.94. The van der Waals surface area contributed by atoms with Crippen LogP contribution in [0.5, 0.6) is 0 Å². The molecule has 0 saturated carbocycles. The number of rotatable bonds is 6. The number of alkyl halides is 2. The minimum Gasteiger partial charge on any atom is -0.369 e. The van der Waals surface area contributed by atoms with Crippen molar-refractivity contribution in [2.75, 3.05) is 11.8 Å². The normalized spacial score (nSPS) is 12.4. The van der Waals surface area contributed by atoms with Gasteiger partial charge < -0.3 is 24.8 Å². The van der Waals surface area contributed by atoms with Gasteiger partial charge in [-0.3, -0.25) is 4.79 Å². The second kappa shape index (κ2) is 10.6. The molecule has 2 rings (SSSR count). The largest absolute Gasteiger partial charge is 0.369 e. The topological polar surface area (TPSA) is 84.5 Å². The Morgan fingerprint density at radius 3 is 2.18 bits per heavy atom. The van der Waals surface area contributed by atoms with Crippen molar-refractivity contribution in [1.82, 2.24) is 19.1 Å². The Kier molecular flexibility index (Phi) is 9.46. The molecule has 1 unspecified atom stereocenters. The summed E-state index contributed by atoms with van der Waals surface area (Å²) >= 11 is 21.6. The maximum atomic E-state index is 11.1. The fraction of sp³-hybridized carbons (Fsp3) is 0.611. The van der Waals surface area contributed by atoms with Gasteiger partial charge in [0, 0.05) is 53.5 Å². The molecule has 4 N–H and O–H groups in total. The van der Waals surface area contributed by atoms with Gasteiger partial charge in [-0.15, -0.1) is 23.2 Å². The number of aromatic amines is 2. The van der Waals surface area contributed by atoms with Crippen molar-refractivity contribution >= 4 is 53.5 Å². The van der Waals surface area contributed by atoms with E-state index in [2.05, 4.69) is 30.7 Å². The number of amides is 1. The SMILES string of the molecule is CC(C)(C)c1cn(CCCl)c(=S)[nH]1.Cc1c(C(C)C(N)=O)[nH]c(=S)n1CCCl. The van der Waals surface area contributed by atoms with Crippen LogP contribution >= 0.6 is 47.6 Å². The van der Waals surface area contributed by atoms with Gasteiger partial charge in [-0.05, 0) is 38.3 Å². The number of H-pyrrole nitrogens is 2. The van der Waals surface area contributed by atoms with Gasteiger partial charge in [-0.1, -0.05) is 20.8 Å². The summed E-state index contributed by atoms with van der Waals surface area (Å²) in [5.74, 6) is 0.350. The molecule has 0 aromatic carbocycles. The van der Waals surface area contributed by atoms with E-state index in [9.17, 15) is 4.79 Å². The maximum Gasteiger partial charge on any atom is 0.226 e. The Morgan fingerprint density at radius 1 is 1.18 bits per heavy atom. The van der Waals surface area contributed by atoms with E-state index in [1.165, 1.54) is 0 Å². The van der Waals surface area contributed by atoms with Crippen LogP contribution in [0.1, 0.15) is 50.7 Å². The molecule has 0 radical (unpaired) electrons. The van der Waals surface area contributed by atoms with Gasteiger partial charge >= 0.3 is 0 Å². The quantitative estimate of drug-likeness (QED) is 0.424. The molecule has 158 valence electrons. The second-order valence-corrected chi connectivity index (χ2v) is 9.03. The highest BCUT2D eigenvalue weighted by Crippen LogP contribution is 2.20. The van der Waals surface area contributed by atoms with Crippen LogP contribution in [-0.2, 0) is 23.3 Å². The first-order valence-corrected chi connectivity index (χ1v) is 10.8. The van der Waals surface area contributed by atoms with E-state index < -0.39 is 0 Å². The van der Waals surface area contributed by atoms with Gasteiger partial charge in [0.05, 0.1) is 5.92 Å². The highest BCUT2D eigenvalue weighted by molar-refractivity contribution is 7.71. The van der Waals surface area contributed by atoms with Crippen LogP contribution < -0.4 is 5.73 Å². The second-order valence-electron chi connectivity index (χ2n) is 7.50. The fourth-order valence-electron chi connectivity index (χ4n) is 2.56. The molecule has 0 aliphatic heterocycles. The predicted octanol–water partition coefficient (Wildman–Crippen LogP) is 4.76. The standard InChI is InChI=1S/C9H14ClN3OS.C9H15ClN2S/c1-5(8(11)14)7-6(2)13(4-3-10)9(15)12-7;1-9(2,3)7-6-12(5-4-10)8(13)11-7/h5H,3-4H2,1-2H3,(H2,11,14)(H,12,15);6H,4-5H2,1-3H3,(H,11,13). The first kappa shape index (κ1) is 24.9. The first-order chi connectivity index (χ1) is 12.9. The number of carbonyl (C=O) groups is 1. The molecule has 28 heavy (non-hydrogen) atoms. The zero-order valence-electron chi connectivity index (χ0n) is 16.9. The van der Waals surface area contributed by atoms with Crippen molar-refractivity contribution in [3.05, 3.63) is 32.8 Å². The predicted molar refractivity (Wildman–Crippen MR) is 122 cm³/mol. The number of primary amides is 1. The minimum absolute atomic E-state index is 0.116. The molecule has 0 aliphatic carbocycles. The lowest BCUT2D eigenvalue weighted by molar-refractivity contribution is -0.119. The maximum absolute atomic E-state index is 11.1. The van der Waals surface area contributed by atoms with E-state index in [1.807, 2.05) is 22.3 Å². The van der Waals surface area contributed by atoms with E-state index in [-0.39, 0.29) is 17.2 Å². The van der Waals surface area contributed by atoms with Gasteiger partial charge in [-0.2, -0.15) is 0 Å². The monoisotopic (exact) mass is 465 g/mol. The number of imidazole rings is 2. The molecule has 1 atom stereocenters. The lowest BCUT2D eigenvalue weighted by atomic mass is 9.93. The summed E-state index contributed by atoms with van der Waals surface area (Å²) in [6.45, 7) is 11.5. The fourth-order valence-corrected chi connectivity index (χ4v) is 3.50. The zero-order chi connectivity index (χ0) is 21.6. The molecule has 0 aliphatic rings. The third kappa shape index (κ3) is 6.47. The van der Waals surface area contributed by atoms with Crippen molar-refractivity contribution in [3.63, 3.8) is 0 Å². The van der Waals surface area contributed by atoms with E-state index >= 15 is 0 Å². The number of nitrogens with zero attached hydrogens (tertiary/aromatic N) is 2. The molecule has 0 fully saturated rings. The number of aromatic nitrogens is 4. The third-order valence-corrected chi connectivity index (χ3v) is 5.37. The summed E-state index contributed by atoms with van der Waals surface area (Å²) in [6, 6.07) is 0. The highest BCUT2D eigenvalue weighted by atomic mass is 35.5. The Hall–Kier alpha value is -1.09. The Bertz CT molecular complexity index is 904. The zero-order valence-corrected chi connectivity index (χ0v) is 20.1. The Morgan fingerprint density at radius 2 is 1.75 bits per heavy atom. The molecule has 0 saturated heterocycles. The number of nitrogens with one attached hydrogen (secondary N) is 2. The van der Waals surface area contributed by atoms with Crippen LogP contribution in [0.25, 0.3) is 0 Å². The summed E-state index contributed by atoms with van der Waals surface area (Å²) in [6.07, 6.45) is 2.05. The van der Waals surface area contributed by atoms with E-state index in [1.54, 1.807) is 6.92 Å². The molecule has 0 bridgehead atoms. The van der Waals surface area contributed by atoms with Crippen molar-refractivity contribution in [2.24, 2.45) is 5.73 Å². The number of nitrogens with two attached hydrogens (primary N) is 1. The van der Waals surface area contributed by atoms with Crippen LogP contribution in [-0.4, -0.2) is 36.8 Å². The Balaban J connectivity index is 0.000000283. The lowest BCUT2D eigenvalue weighted by Gasteiger charge is -2.15. The molecule has 1 amide bonds. The number of hydrogen-bond donors (Lipinski definition) is 3. The van der Waals surface area contributed by atoms with Crippen LogP contribution in [0.4, 0.5) is 0 Å². The van der Waals surface area contributed by atoms with Crippen LogP contribution in [0, 0.1) is 16.5 Å². The van der Waals surface area contributed by atoms with Crippen LogP contribution in [0.2, 0.25) is 0 Å².